The predicted octanol–water partition coefficient (Wildman–Crippen LogP) is 0.112. The van der Waals surface area contributed by atoms with Crippen LogP contribution in [0.5, 0.6) is 0 Å². The van der Waals surface area contributed by atoms with Crippen molar-refractivity contribution < 1.29 is 9.90 Å². The molecule has 0 saturated carbocycles. The molecule has 0 aromatic rings. The van der Waals surface area contributed by atoms with Gasteiger partial charge in [-0.2, -0.15) is 0 Å². The van der Waals surface area contributed by atoms with Crippen LogP contribution in [0.2, 0.25) is 0 Å². The van der Waals surface area contributed by atoms with Crippen molar-refractivity contribution in [2.45, 2.75) is 25.8 Å². The Morgan fingerprint density at radius 3 is 2.71 bits per heavy atom. The molecule has 0 aromatic heterocycles. The zero-order valence-corrected chi connectivity index (χ0v) is 8.31. The fourth-order valence-corrected chi connectivity index (χ4v) is 0.777. The molecule has 5 N–H and O–H groups in total. The van der Waals surface area contributed by atoms with Crippen molar-refractivity contribution in [1.82, 2.24) is 0 Å². The molecule has 0 aromatic carbocycles. The molecule has 1 atom stereocenters. The van der Waals surface area contributed by atoms with Gasteiger partial charge in [0.25, 0.3) is 0 Å². The molecule has 0 rings (SSSR count). The zero-order valence-electron chi connectivity index (χ0n) is 8.31. The normalized spacial score (nSPS) is 14.6. The Hall–Kier alpha value is -1.36. The van der Waals surface area contributed by atoms with Gasteiger partial charge in [0.1, 0.15) is 6.04 Å². The molecule has 0 bridgehead atoms. The monoisotopic (exact) mass is 199 g/mol. The maximum atomic E-state index is 10.3. The smallest absolute Gasteiger partial charge is 0.320 e. The molecule has 0 radical (unpaired) electrons. The SMILES string of the molecule is CC(N)=NCC/C=C\C[C@H](N)C(=O)O. The van der Waals surface area contributed by atoms with Crippen LogP contribution in [0.15, 0.2) is 17.1 Å². The van der Waals surface area contributed by atoms with E-state index in [2.05, 4.69) is 4.99 Å². The summed E-state index contributed by atoms with van der Waals surface area (Å²) in [5, 5.41) is 8.46. The number of nitrogens with two attached hydrogens (primary N) is 2. The van der Waals surface area contributed by atoms with Crippen LogP contribution in [0.4, 0.5) is 0 Å². The Balaban J connectivity index is 3.55. The Morgan fingerprint density at radius 2 is 2.21 bits per heavy atom. The molecule has 0 aliphatic heterocycles. The zero-order chi connectivity index (χ0) is 11.0. The highest BCUT2D eigenvalue weighted by atomic mass is 16.4. The summed E-state index contributed by atoms with van der Waals surface area (Å²) in [4.78, 5) is 14.3. The first-order valence-electron chi connectivity index (χ1n) is 4.44. The van der Waals surface area contributed by atoms with E-state index in [1.807, 2.05) is 6.08 Å². The van der Waals surface area contributed by atoms with Gasteiger partial charge in [-0.1, -0.05) is 12.2 Å². The molecule has 5 heteroatoms. The van der Waals surface area contributed by atoms with Crippen molar-refractivity contribution in [2.75, 3.05) is 6.54 Å². The lowest BCUT2D eigenvalue weighted by molar-refractivity contribution is -0.138. The third-order valence-corrected chi connectivity index (χ3v) is 1.53. The standard InChI is InChI=1S/C9H17N3O2/c1-7(10)12-6-4-2-3-5-8(11)9(13)14/h2-3,8H,4-6,11H2,1H3,(H2,10,12)(H,13,14)/b3-2-/t8-/m0/s1. The highest BCUT2D eigenvalue weighted by Gasteiger charge is 2.07. The number of nitrogens with zero attached hydrogens (tertiary/aromatic N) is 1. The van der Waals surface area contributed by atoms with Gasteiger partial charge in [0.05, 0.1) is 5.84 Å². The van der Waals surface area contributed by atoms with Gasteiger partial charge in [0, 0.05) is 6.54 Å². The number of hydrogen-bond acceptors (Lipinski definition) is 3. The number of hydrogen-bond donors (Lipinski definition) is 3. The van der Waals surface area contributed by atoms with Crippen LogP contribution in [0.25, 0.3) is 0 Å². The molecule has 14 heavy (non-hydrogen) atoms. The first-order chi connectivity index (χ1) is 6.54. The highest BCUT2D eigenvalue weighted by Crippen LogP contribution is 1.92. The van der Waals surface area contributed by atoms with Gasteiger partial charge in [-0.15, -0.1) is 0 Å². The van der Waals surface area contributed by atoms with Crippen molar-refractivity contribution in [3.05, 3.63) is 12.2 Å². The van der Waals surface area contributed by atoms with Crippen LogP contribution < -0.4 is 11.5 Å². The van der Waals surface area contributed by atoms with E-state index >= 15 is 0 Å². The largest absolute Gasteiger partial charge is 0.480 e. The van der Waals surface area contributed by atoms with Crippen LogP contribution in [0, 0.1) is 0 Å². The number of aliphatic carboxylic acids is 1. The van der Waals surface area contributed by atoms with E-state index in [4.69, 9.17) is 16.6 Å². The predicted molar refractivity (Wildman–Crippen MR) is 56.1 cm³/mol. The number of aliphatic imine (C=N–C) groups is 1. The summed E-state index contributed by atoms with van der Waals surface area (Å²) in [5.41, 5.74) is 10.6. The van der Waals surface area contributed by atoms with Gasteiger partial charge in [-0.25, -0.2) is 0 Å². The summed E-state index contributed by atoms with van der Waals surface area (Å²) >= 11 is 0. The number of carboxylic acids is 1. The average Bonchev–Trinajstić information content (AvgIpc) is 2.09. The van der Waals surface area contributed by atoms with Crippen LogP contribution in [0.1, 0.15) is 19.8 Å². The molecule has 5 nitrogen and oxygen atoms in total. The van der Waals surface area contributed by atoms with Gasteiger partial charge in [-0.3, -0.25) is 9.79 Å². The van der Waals surface area contributed by atoms with E-state index in [0.29, 0.717) is 18.8 Å². The number of carbonyl (C=O) groups is 1. The minimum atomic E-state index is -0.981. The third-order valence-electron chi connectivity index (χ3n) is 1.53. The van der Waals surface area contributed by atoms with Crippen molar-refractivity contribution in [3.63, 3.8) is 0 Å². The molecule has 80 valence electrons. The molecule has 0 aliphatic carbocycles. The molecule has 0 fully saturated rings. The molecular formula is C9H17N3O2. The van der Waals surface area contributed by atoms with Crippen LogP contribution in [-0.4, -0.2) is 29.5 Å². The number of rotatable bonds is 6. The summed E-state index contributed by atoms with van der Waals surface area (Å²) in [6, 6.07) is -0.814. The fraction of sp³-hybridized carbons (Fsp3) is 0.556. The van der Waals surface area contributed by atoms with E-state index in [9.17, 15) is 4.79 Å². The average molecular weight is 199 g/mol. The van der Waals surface area contributed by atoms with Gasteiger partial charge in [0.2, 0.25) is 0 Å². The quantitative estimate of drug-likeness (QED) is 0.244. The molecule has 0 saturated heterocycles. The maximum absolute atomic E-state index is 10.3. The van der Waals surface area contributed by atoms with E-state index in [1.54, 1.807) is 13.0 Å². The summed E-state index contributed by atoms with van der Waals surface area (Å²) in [6.45, 7) is 2.35. The summed E-state index contributed by atoms with van der Waals surface area (Å²) < 4.78 is 0. The lowest BCUT2D eigenvalue weighted by Crippen LogP contribution is -2.29. The minimum absolute atomic E-state index is 0.348. The van der Waals surface area contributed by atoms with Gasteiger partial charge < -0.3 is 16.6 Å². The minimum Gasteiger partial charge on any atom is -0.480 e. The first-order valence-corrected chi connectivity index (χ1v) is 4.44. The third kappa shape index (κ3) is 7.30. The van der Waals surface area contributed by atoms with Crippen molar-refractivity contribution in [3.8, 4) is 0 Å². The van der Waals surface area contributed by atoms with E-state index in [1.165, 1.54) is 0 Å². The number of carboxylic acid groups (broad SMARTS) is 1. The van der Waals surface area contributed by atoms with Crippen molar-refractivity contribution in [1.29, 1.82) is 0 Å². The van der Waals surface area contributed by atoms with Crippen LogP contribution >= 0.6 is 0 Å². The second-order valence-electron chi connectivity index (χ2n) is 2.96. The van der Waals surface area contributed by atoms with Crippen molar-refractivity contribution >= 4 is 11.8 Å². The Bertz CT molecular complexity index is 232. The second kappa shape index (κ2) is 7.08. The van der Waals surface area contributed by atoms with E-state index in [0.717, 1.165) is 6.42 Å². The lowest BCUT2D eigenvalue weighted by atomic mass is 10.2. The highest BCUT2D eigenvalue weighted by molar-refractivity contribution is 5.77. The Labute approximate surface area is 83.5 Å². The maximum Gasteiger partial charge on any atom is 0.320 e. The van der Waals surface area contributed by atoms with E-state index < -0.39 is 12.0 Å². The summed E-state index contributed by atoms with van der Waals surface area (Å²) in [7, 11) is 0. The van der Waals surface area contributed by atoms with Gasteiger partial charge >= 0.3 is 5.97 Å². The molecule has 0 heterocycles. The fourth-order valence-electron chi connectivity index (χ4n) is 0.777. The second-order valence-corrected chi connectivity index (χ2v) is 2.96. The molecule has 0 aliphatic rings. The lowest BCUT2D eigenvalue weighted by Gasteiger charge is -1.99. The van der Waals surface area contributed by atoms with Gasteiger partial charge in [0.15, 0.2) is 0 Å². The number of amidine groups is 1. The molecule has 0 amide bonds. The molecule has 0 spiro atoms. The van der Waals surface area contributed by atoms with Gasteiger partial charge in [-0.05, 0) is 19.8 Å². The summed E-state index contributed by atoms with van der Waals surface area (Å²) in [5.74, 6) is -0.425. The summed E-state index contributed by atoms with van der Waals surface area (Å²) in [6.07, 6.45) is 4.71. The Kier molecular flexibility index (Phi) is 6.39. The molecular weight excluding hydrogens is 182 g/mol. The van der Waals surface area contributed by atoms with E-state index in [-0.39, 0.29) is 0 Å². The van der Waals surface area contributed by atoms with Crippen molar-refractivity contribution in [2.24, 2.45) is 16.5 Å². The van der Waals surface area contributed by atoms with Crippen LogP contribution in [0.3, 0.4) is 0 Å². The van der Waals surface area contributed by atoms with Crippen LogP contribution in [-0.2, 0) is 4.79 Å². The first kappa shape index (κ1) is 12.6. The Morgan fingerprint density at radius 1 is 1.57 bits per heavy atom. The topological polar surface area (TPSA) is 102 Å². The molecule has 0 unspecified atom stereocenters.